The van der Waals surface area contributed by atoms with Crippen LogP contribution in [0.3, 0.4) is 0 Å². The number of nitrogens with one attached hydrogen (secondary N) is 1. The van der Waals surface area contributed by atoms with E-state index in [2.05, 4.69) is 10.6 Å². The van der Waals surface area contributed by atoms with Gasteiger partial charge in [-0.1, -0.05) is 0 Å². The van der Waals surface area contributed by atoms with E-state index in [-0.39, 0.29) is 0 Å². The SMILES string of the molecule is O=C(NC1CC[NH2+]CC1)C1CC1. The van der Waals surface area contributed by atoms with Crippen molar-refractivity contribution in [2.75, 3.05) is 13.1 Å². The largest absolute Gasteiger partial charge is 0.353 e. The van der Waals surface area contributed by atoms with E-state index in [1.54, 1.807) is 0 Å². The molecular weight excluding hydrogens is 152 g/mol. The molecule has 3 heteroatoms. The lowest BCUT2D eigenvalue weighted by molar-refractivity contribution is -0.663. The van der Waals surface area contributed by atoms with Gasteiger partial charge in [0.15, 0.2) is 0 Å². The van der Waals surface area contributed by atoms with Gasteiger partial charge < -0.3 is 10.6 Å². The van der Waals surface area contributed by atoms with Crippen LogP contribution in [0.25, 0.3) is 0 Å². The van der Waals surface area contributed by atoms with Crippen LogP contribution in [0.4, 0.5) is 0 Å². The fourth-order valence-corrected chi connectivity index (χ4v) is 1.74. The molecule has 0 aromatic rings. The highest BCUT2D eigenvalue weighted by Crippen LogP contribution is 2.29. The average molecular weight is 169 g/mol. The number of carbonyl (C=O) groups excluding carboxylic acids is 1. The van der Waals surface area contributed by atoms with Gasteiger partial charge in [-0.05, 0) is 12.8 Å². The van der Waals surface area contributed by atoms with E-state index in [1.165, 1.54) is 13.1 Å². The van der Waals surface area contributed by atoms with E-state index < -0.39 is 0 Å². The first-order valence-corrected chi connectivity index (χ1v) is 4.98. The lowest BCUT2D eigenvalue weighted by atomic mass is 10.1. The zero-order valence-corrected chi connectivity index (χ0v) is 7.38. The van der Waals surface area contributed by atoms with Crippen molar-refractivity contribution in [1.29, 1.82) is 0 Å². The lowest BCUT2D eigenvalue weighted by Gasteiger charge is -2.21. The summed E-state index contributed by atoms with van der Waals surface area (Å²) in [6.07, 6.45) is 4.53. The predicted octanol–water partition coefficient (Wildman–Crippen LogP) is -0.762. The van der Waals surface area contributed by atoms with Gasteiger partial charge in [-0.25, -0.2) is 0 Å². The summed E-state index contributed by atoms with van der Waals surface area (Å²) in [5.74, 6) is 0.679. The molecule has 3 N–H and O–H groups in total. The summed E-state index contributed by atoms with van der Waals surface area (Å²) in [7, 11) is 0. The molecule has 0 atom stereocenters. The second kappa shape index (κ2) is 3.44. The van der Waals surface area contributed by atoms with E-state index in [0.29, 0.717) is 17.9 Å². The number of hydrogen-bond acceptors (Lipinski definition) is 1. The molecule has 1 saturated heterocycles. The number of quaternary nitrogens is 1. The molecule has 2 rings (SSSR count). The predicted molar refractivity (Wildman–Crippen MR) is 45.5 cm³/mol. The van der Waals surface area contributed by atoms with Crippen LogP contribution < -0.4 is 10.6 Å². The summed E-state index contributed by atoms with van der Waals surface area (Å²) >= 11 is 0. The zero-order chi connectivity index (χ0) is 8.39. The lowest BCUT2D eigenvalue weighted by Crippen LogP contribution is -2.87. The summed E-state index contributed by atoms with van der Waals surface area (Å²) in [5, 5.41) is 5.44. The second-order valence-corrected chi connectivity index (χ2v) is 3.92. The Labute approximate surface area is 72.9 Å². The standard InChI is InChI=1S/C9H16N2O/c12-9(7-1-2-7)11-8-3-5-10-6-4-8/h7-8,10H,1-6H2,(H,11,12)/p+1. The van der Waals surface area contributed by atoms with E-state index in [4.69, 9.17) is 0 Å². The van der Waals surface area contributed by atoms with Crippen molar-refractivity contribution >= 4 is 5.91 Å². The molecule has 0 unspecified atom stereocenters. The third-order valence-corrected chi connectivity index (χ3v) is 2.73. The Kier molecular flexibility index (Phi) is 2.30. The Morgan fingerprint density at radius 2 is 1.83 bits per heavy atom. The van der Waals surface area contributed by atoms with Gasteiger partial charge in [0.25, 0.3) is 0 Å². The minimum absolute atomic E-state index is 0.307. The molecule has 0 bridgehead atoms. The number of piperidine rings is 1. The van der Waals surface area contributed by atoms with E-state index >= 15 is 0 Å². The van der Waals surface area contributed by atoms with Crippen LogP contribution in [0, 0.1) is 5.92 Å². The van der Waals surface area contributed by atoms with Gasteiger partial charge in [-0.15, -0.1) is 0 Å². The highest BCUT2D eigenvalue weighted by atomic mass is 16.2. The monoisotopic (exact) mass is 169 g/mol. The molecule has 1 aliphatic carbocycles. The van der Waals surface area contributed by atoms with Crippen LogP contribution in [0.1, 0.15) is 25.7 Å². The van der Waals surface area contributed by atoms with Crippen molar-refractivity contribution in [3.8, 4) is 0 Å². The van der Waals surface area contributed by atoms with Crippen molar-refractivity contribution in [3.63, 3.8) is 0 Å². The molecular formula is C9H17N2O+. The highest BCUT2D eigenvalue weighted by molar-refractivity contribution is 5.81. The van der Waals surface area contributed by atoms with Gasteiger partial charge in [0.1, 0.15) is 0 Å². The number of rotatable bonds is 2. The summed E-state index contributed by atoms with van der Waals surface area (Å²) in [4.78, 5) is 11.4. The van der Waals surface area contributed by atoms with Crippen LogP contribution in [0.2, 0.25) is 0 Å². The molecule has 1 aliphatic heterocycles. The third-order valence-electron chi connectivity index (χ3n) is 2.73. The van der Waals surface area contributed by atoms with Crippen molar-refractivity contribution in [3.05, 3.63) is 0 Å². The number of nitrogens with two attached hydrogens (primary N) is 1. The first-order chi connectivity index (χ1) is 5.86. The van der Waals surface area contributed by atoms with Gasteiger partial charge in [0.2, 0.25) is 5.91 Å². The molecule has 0 radical (unpaired) electrons. The third kappa shape index (κ3) is 1.97. The van der Waals surface area contributed by atoms with Crippen LogP contribution in [-0.2, 0) is 4.79 Å². The Balaban J connectivity index is 1.73. The molecule has 2 aliphatic rings. The van der Waals surface area contributed by atoms with Crippen LogP contribution in [-0.4, -0.2) is 25.0 Å². The normalized spacial score (nSPS) is 25.3. The second-order valence-electron chi connectivity index (χ2n) is 3.92. The summed E-state index contributed by atoms with van der Waals surface area (Å²) in [5.41, 5.74) is 0. The molecule has 0 aromatic heterocycles. The number of amides is 1. The fraction of sp³-hybridized carbons (Fsp3) is 0.889. The highest BCUT2D eigenvalue weighted by Gasteiger charge is 2.31. The van der Waals surface area contributed by atoms with Crippen LogP contribution in [0.5, 0.6) is 0 Å². The van der Waals surface area contributed by atoms with Crippen molar-refractivity contribution < 1.29 is 10.1 Å². The van der Waals surface area contributed by atoms with Crippen LogP contribution >= 0.6 is 0 Å². The minimum atomic E-state index is 0.307. The maximum absolute atomic E-state index is 11.4. The molecule has 2 fully saturated rings. The molecule has 68 valence electrons. The maximum atomic E-state index is 11.4. The average Bonchev–Trinajstić information content (AvgIpc) is 2.88. The topological polar surface area (TPSA) is 45.7 Å². The zero-order valence-electron chi connectivity index (χ0n) is 7.38. The Hall–Kier alpha value is -0.570. The molecule has 0 spiro atoms. The van der Waals surface area contributed by atoms with Gasteiger partial charge in [0, 0.05) is 24.8 Å². The number of carbonyl (C=O) groups is 1. The molecule has 1 saturated carbocycles. The Morgan fingerprint density at radius 1 is 1.17 bits per heavy atom. The van der Waals surface area contributed by atoms with E-state index in [9.17, 15) is 4.79 Å². The van der Waals surface area contributed by atoms with Crippen molar-refractivity contribution in [1.82, 2.24) is 5.32 Å². The maximum Gasteiger partial charge on any atom is 0.223 e. The molecule has 3 nitrogen and oxygen atoms in total. The Bertz CT molecular complexity index is 171. The minimum Gasteiger partial charge on any atom is -0.353 e. The Morgan fingerprint density at radius 3 is 2.42 bits per heavy atom. The smallest absolute Gasteiger partial charge is 0.223 e. The van der Waals surface area contributed by atoms with Gasteiger partial charge in [0.05, 0.1) is 13.1 Å². The van der Waals surface area contributed by atoms with Gasteiger partial charge in [-0.2, -0.15) is 0 Å². The fourth-order valence-electron chi connectivity index (χ4n) is 1.74. The summed E-state index contributed by atoms with van der Waals surface area (Å²) in [6, 6.07) is 0.475. The molecule has 1 heterocycles. The van der Waals surface area contributed by atoms with Crippen LogP contribution in [0.15, 0.2) is 0 Å². The van der Waals surface area contributed by atoms with Crippen molar-refractivity contribution in [2.24, 2.45) is 5.92 Å². The van der Waals surface area contributed by atoms with E-state index in [1.807, 2.05) is 0 Å². The van der Waals surface area contributed by atoms with Gasteiger partial charge >= 0.3 is 0 Å². The quantitative estimate of drug-likeness (QED) is 0.560. The van der Waals surface area contributed by atoms with E-state index in [0.717, 1.165) is 25.7 Å². The van der Waals surface area contributed by atoms with Crippen molar-refractivity contribution in [2.45, 2.75) is 31.7 Å². The molecule has 1 amide bonds. The summed E-state index contributed by atoms with van der Waals surface area (Å²) < 4.78 is 0. The first-order valence-electron chi connectivity index (χ1n) is 4.98. The number of hydrogen-bond donors (Lipinski definition) is 2. The molecule has 0 aromatic carbocycles. The van der Waals surface area contributed by atoms with Gasteiger partial charge in [-0.3, -0.25) is 4.79 Å². The first kappa shape index (κ1) is 8.05. The molecule has 12 heavy (non-hydrogen) atoms. The summed E-state index contributed by atoms with van der Waals surface area (Å²) in [6.45, 7) is 2.35.